The highest BCUT2D eigenvalue weighted by atomic mass is 16.2. The fraction of sp³-hybridized carbons (Fsp3) is 1.00. The Morgan fingerprint density at radius 1 is 0.611 bits per heavy atom. The largest absolute Gasteiger partial charge is 0.396 e. The molecule has 0 amide bonds. The van der Waals surface area contributed by atoms with Crippen LogP contribution in [-0.4, -0.2) is 11.7 Å². The van der Waals surface area contributed by atoms with Gasteiger partial charge in [0.25, 0.3) is 0 Å². The van der Waals surface area contributed by atoms with E-state index >= 15 is 0 Å². The lowest BCUT2D eigenvalue weighted by atomic mass is 9.91. The van der Waals surface area contributed by atoms with E-state index in [2.05, 4.69) is 27.7 Å². The molecule has 0 spiro atoms. The lowest BCUT2D eigenvalue weighted by Crippen LogP contribution is -2.01. The van der Waals surface area contributed by atoms with Gasteiger partial charge in [0.1, 0.15) is 0 Å². The first-order valence-corrected chi connectivity index (χ1v) is 8.17. The van der Waals surface area contributed by atoms with Crippen LogP contribution in [0.4, 0.5) is 0 Å². The Bertz CT molecular complexity index is 165. The Labute approximate surface area is 115 Å². The Kier molecular flexibility index (Phi) is 12.0. The molecule has 0 unspecified atom stereocenters. The highest BCUT2D eigenvalue weighted by Gasteiger charge is 2.06. The summed E-state index contributed by atoms with van der Waals surface area (Å²) < 4.78 is 0. The first-order valence-electron chi connectivity index (χ1n) is 8.17. The summed E-state index contributed by atoms with van der Waals surface area (Å²) in [7, 11) is 0. The number of hydrogen-bond donors (Lipinski definition) is 1. The quantitative estimate of drug-likeness (QED) is 0.462. The fourth-order valence-electron chi connectivity index (χ4n) is 2.50. The van der Waals surface area contributed by atoms with Crippen molar-refractivity contribution in [2.24, 2.45) is 17.8 Å². The van der Waals surface area contributed by atoms with Gasteiger partial charge in [0.05, 0.1) is 0 Å². The summed E-state index contributed by atoms with van der Waals surface area (Å²) in [5, 5.41) is 8.72. The van der Waals surface area contributed by atoms with E-state index in [1.165, 1.54) is 51.4 Å². The second-order valence-corrected chi connectivity index (χ2v) is 6.69. The zero-order chi connectivity index (χ0) is 13.8. The zero-order valence-corrected chi connectivity index (χ0v) is 13.3. The van der Waals surface area contributed by atoms with Gasteiger partial charge < -0.3 is 5.11 Å². The molecule has 0 rings (SSSR count). The van der Waals surface area contributed by atoms with E-state index in [4.69, 9.17) is 5.11 Å². The Hall–Kier alpha value is -0.0400. The lowest BCUT2D eigenvalue weighted by molar-refractivity contribution is 0.280. The summed E-state index contributed by atoms with van der Waals surface area (Å²) in [4.78, 5) is 0. The van der Waals surface area contributed by atoms with Crippen LogP contribution in [0.5, 0.6) is 0 Å². The second-order valence-electron chi connectivity index (χ2n) is 6.69. The van der Waals surface area contributed by atoms with Gasteiger partial charge in [-0.2, -0.15) is 0 Å². The number of unbranched alkanes of at least 4 members (excludes halogenated alkanes) is 2. The van der Waals surface area contributed by atoms with Crippen LogP contribution < -0.4 is 0 Å². The maximum Gasteiger partial charge on any atom is 0.0431 e. The van der Waals surface area contributed by atoms with Gasteiger partial charge >= 0.3 is 0 Å². The molecule has 1 nitrogen and oxygen atoms in total. The van der Waals surface area contributed by atoms with Crippen molar-refractivity contribution in [3.05, 3.63) is 0 Å². The van der Waals surface area contributed by atoms with E-state index in [1.54, 1.807) is 0 Å². The molecular weight excluding hydrogens is 220 g/mol. The van der Waals surface area contributed by atoms with Crippen LogP contribution in [0.2, 0.25) is 0 Å². The zero-order valence-electron chi connectivity index (χ0n) is 13.3. The van der Waals surface area contributed by atoms with E-state index in [0.29, 0.717) is 6.61 Å². The minimum Gasteiger partial charge on any atom is -0.396 e. The summed E-state index contributed by atoms with van der Waals surface area (Å²) in [6.45, 7) is 9.80. The maximum atomic E-state index is 8.72. The van der Waals surface area contributed by atoms with Gasteiger partial charge in [-0.3, -0.25) is 0 Å². The molecule has 0 aliphatic carbocycles. The number of aliphatic hydroxyl groups is 1. The first kappa shape index (κ1) is 18.0. The van der Waals surface area contributed by atoms with Crippen LogP contribution >= 0.6 is 0 Å². The molecule has 0 fully saturated rings. The van der Waals surface area contributed by atoms with Crippen LogP contribution in [0, 0.1) is 17.8 Å². The van der Waals surface area contributed by atoms with Crippen molar-refractivity contribution < 1.29 is 5.11 Å². The summed E-state index contributed by atoms with van der Waals surface area (Å²) in [6, 6.07) is 0. The molecule has 0 aliphatic rings. The molecule has 0 saturated carbocycles. The van der Waals surface area contributed by atoms with Gasteiger partial charge in [0, 0.05) is 6.61 Å². The SMILES string of the molecule is CC(C)CC[C@@H](C)CCC[C@H](C)CCCCCO. The van der Waals surface area contributed by atoms with Crippen molar-refractivity contribution in [3.8, 4) is 0 Å². The van der Waals surface area contributed by atoms with Crippen LogP contribution in [0.15, 0.2) is 0 Å². The molecule has 0 aliphatic heterocycles. The van der Waals surface area contributed by atoms with Gasteiger partial charge in [0.15, 0.2) is 0 Å². The Balaban J connectivity index is 3.35. The monoisotopic (exact) mass is 256 g/mol. The highest BCUT2D eigenvalue weighted by molar-refractivity contribution is 4.59. The Morgan fingerprint density at radius 3 is 1.72 bits per heavy atom. The molecular formula is C17H36O. The van der Waals surface area contributed by atoms with Crippen LogP contribution in [0.3, 0.4) is 0 Å². The summed E-state index contributed by atoms with van der Waals surface area (Å²) in [5.41, 5.74) is 0. The van der Waals surface area contributed by atoms with Crippen molar-refractivity contribution in [2.75, 3.05) is 6.61 Å². The van der Waals surface area contributed by atoms with E-state index < -0.39 is 0 Å². The van der Waals surface area contributed by atoms with Crippen molar-refractivity contribution in [3.63, 3.8) is 0 Å². The van der Waals surface area contributed by atoms with E-state index in [-0.39, 0.29) is 0 Å². The third-order valence-electron chi connectivity index (χ3n) is 3.99. The molecule has 1 heteroatoms. The predicted molar refractivity (Wildman–Crippen MR) is 81.8 cm³/mol. The topological polar surface area (TPSA) is 20.2 Å². The molecule has 18 heavy (non-hydrogen) atoms. The van der Waals surface area contributed by atoms with Crippen molar-refractivity contribution >= 4 is 0 Å². The van der Waals surface area contributed by atoms with Crippen LogP contribution in [0.1, 0.15) is 85.5 Å². The molecule has 2 atom stereocenters. The Morgan fingerprint density at radius 2 is 1.17 bits per heavy atom. The molecule has 1 N–H and O–H groups in total. The van der Waals surface area contributed by atoms with Gasteiger partial charge in [0.2, 0.25) is 0 Å². The fourth-order valence-corrected chi connectivity index (χ4v) is 2.50. The van der Waals surface area contributed by atoms with E-state index in [9.17, 15) is 0 Å². The average Bonchev–Trinajstić information content (AvgIpc) is 2.32. The maximum absolute atomic E-state index is 8.72. The highest BCUT2D eigenvalue weighted by Crippen LogP contribution is 2.21. The molecule has 0 aromatic heterocycles. The summed E-state index contributed by atoms with van der Waals surface area (Å²) in [5.74, 6) is 2.65. The number of rotatable bonds is 12. The number of hydrogen-bond acceptors (Lipinski definition) is 1. The molecule has 0 heterocycles. The van der Waals surface area contributed by atoms with E-state index in [1.807, 2.05) is 0 Å². The first-order chi connectivity index (χ1) is 8.56. The van der Waals surface area contributed by atoms with Crippen LogP contribution in [-0.2, 0) is 0 Å². The standard InChI is InChI=1S/C17H36O/c1-15(2)12-13-17(4)11-8-10-16(3)9-6-5-7-14-18/h15-18H,5-14H2,1-4H3/t16-,17+/m1/s1. The molecule has 0 saturated heterocycles. The van der Waals surface area contributed by atoms with Crippen molar-refractivity contribution in [2.45, 2.75) is 85.5 Å². The van der Waals surface area contributed by atoms with E-state index in [0.717, 1.165) is 24.2 Å². The third kappa shape index (κ3) is 12.4. The molecule has 0 aromatic carbocycles. The van der Waals surface area contributed by atoms with Gasteiger partial charge in [-0.1, -0.05) is 79.1 Å². The van der Waals surface area contributed by atoms with Crippen molar-refractivity contribution in [1.29, 1.82) is 0 Å². The second kappa shape index (κ2) is 12.0. The molecule has 110 valence electrons. The summed E-state index contributed by atoms with van der Waals surface area (Å²) in [6.07, 6.45) is 11.8. The van der Waals surface area contributed by atoms with Crippen molar-refractivity contribution in [1.82, 2.24) is 0 Å². The smallest absolute Gasteiger partial charge is 0.0431 e. The van der Waals surface area contributed by atoms with Crippen LogP contribution in [0.25, 0.3) is 0 Å². The summed E-state index contributed by atoms with van der Waals surface area (Å²) >= 11 is 0. The minimum absolute atomic E-state index is 0.363. The lowest BCUT2D eigenvalue weighted by Gasteiger charge is -2.15. The average molecular weight is 256 g/mol. The minimum atomic E-state index is 0.363. The molecule has 0 radical (unpaired) electrons. The molecule has 0 bridgehead atoms. The number of aliphatic hydroxyl groups excluding tert-OH is 1. The van der Waals surface area contributed by atoms with Gasteiger partial charge in [-0.15, -0.1) is 0 Å². The van der Waals surface area contributed by atoms with Gasteiger partial charge in [-0.05, 0) is 24.2 Å². The normalized spacial score (nSPS) is 15.0. The predicted octanol–water partition coefficient (Wildman–Crippen LogP) is 5.42. The molecule has 0 aromatic rings. The van der Waals surface area contributed by atoms with Gasteiger partial charge in [-0.25, -0.2) is 0 Å². The third-order valence-corrected chi connectivity index (χ3v) is 3.99.